The number of fused-ring (bicyclic) bond motifs is 1. The number of ether oxygens (including phenoxy) is 1. The van der Waals surface area contributed by atoms with Crippen LogP contribution in [0.25, 0.3) is 10.6 Å². The first-order valence-electron chi connectivity index (χ1n) is 7.89. The summed E-state index contributed by atoms with van der Waals surface area (Å²) in [5.74, 6) is -1.55. The third kappa shape index (κ3) is 2.85. The molecule has 0 saturated carbocycles. The molecule has 3 aromatic rings. The number of hydrogen-bond acceptors (Lipinski definition) is 7. The monoisotopic (exact) mass is 380 g/mol. The van der Waals surface area contributed by atoms with Crippen LogP contribution in [-0.2, 0) is 4.84 Å². The van der Waals surface area contributed by atoms with Crippen molar-refractivity contribution in [1.29, 1.82) is 0 Å². The van der Waals surface area contributed by atoms with Crippen LogP contribution in [0.15, 0.2) is 54.7 Å². The Bertz CT molecular complexity index is 1040. The molecule has 1 aliphatic rings. The topological polar surface area (TPSA) is 85.8 Å². The first-order valence-corrected chi connectivity index (χ1v) is 8.71. The number of carbonyl (C=O) groups is 3. The molecule has 2 aromatic carbocycles. The molecule has 0 spiro atoms. The lowest BCUT2D eigenvalue weighted by Gasteiger charge is -2.11. The molecule has 1 aromatic heterocycles. The predicted octanol–water partition coefficient (Wildman–Crippen LogP) is 3.19. The van der Waals surface area contributed by atoms with E-state index >= 15 is 0 Å². The van der Waals surface area contributed by atoms with Gasteiger partial charge in [-0.15, -0.1) is 11.3 Å². The van der Waals surface area contributed by atoms with Crippen LogP contribution in [-0.4, -0.2) is 34.9 Å². The number of carbonyl (C=O) groups excluding carboxylic acids is 3. The van der Waals surface area contributed by atoms with E-state index in [2.05, 4.69) is 4.98 Å². The van der Waals surface area contributed by atoms with Crippen LogP contribution in [0.5, 0.6) is 5.75 Å². The molecule has 4 rings (SSSR count). The SMILES string of the molecule is COc1ccccc1-c1ncc(C(=O)ON2C(=O)c3ccccc3C2=O)s1. The van der Waals surface area contributed by atoms with Gasteiger partial charge in [0.2, 0.25) is 0 Å². The first-order chi connectivity index (χ1) is 13.1. The van der Waals surface area contributed by atoms with Gasteiger partial charge in [-0.1, -0.05) is 29.3 Å². The standard InChI is InChI=1S/C19H12N2O5S/c1-25-14-9-5-4-8-13(14)16-20-10-15(27-16)19(24)26-21-17(22)11-6-2-3-7-12(11)18(21)23/h2-10H,1H3. The van der Waals surface area contributed by atoms with Gasteiger partial charge in [0.25, 0.3) is 11.8 Å². The second kappa shape index (κ2) is 6.65. The molecule has 1 aliphatic heterocycles. The minimum atomic E-state index is -0.830. The molecule has 134 valence electrons. The van der Waals surface area contributed by atoms with Crippen molar-refractivity contribution in [3.63, 3.8) is 0 Å². The van der Waals surface area contributed by atoms with E-state index in [0.29, 0.717) is 15.8 Å². The van der Waals surface area contributed by atoms with Crippen molar-refractivity contribution in [1.82, 2.24) is 10.0 Å². The Kier molecular flexibility index (Phi) is 4.17. The Morgan fingerprint density at radius 2 is 1.56 bits per heavy atom. The normalized spacial score (nSPS) is 12.9. The number of nitrogens with zero attached hydrogens (tertiary/aromatic N) is 2. The highest BCUT2D eigenvalue weighted by atomic mass is 32.1. The second-order valence-corrected chi connectivity index (χ2v) is 6.59. The van der Waals surface area contributed by atoms with Crippen molar-refractivity contribution in [3.8, 4) is 16.3 Å². The van der Waals surface area contributed by atoms with E-state index in [1.807, 2.05) is 18.2 Å². The third-order valence-electron chi connectivity index (χ3n) is 3.98. The van der Waals surface area contributed by atoms with E-state index in [4.69, 9.17) is 9.57 Å². The molecule has 0 N–H and O–H groups in total. The number of methoxy groups -OCH3 is 1. The maximum atomic E-state index is 12.4. The molecule has 7 nitrogen and oxygen atoms in total. The zero-order valence-corrected chi connectivity index (χ0v) is 14.9. The molecular weight excluding hydrogens is 368 g/mol. The molecule has 2 amide bonds. The summed E-state index contributed by atoms with van der Waals surface area (Å²) in [7, 11) is 1.55. The minimum absolute atomic E-state index is 0.160. The van der Waals surface area contributed by atoms with E-state index in [-0.39, 0.29) is 16.0 Å². The predicted molar refractivity (Wildman–Crippen MR) is 96.5 cm³/mol. The van der Waals surface area contributed by atoms with Gasteiger partial charge in [0, 0.05) is 0 Å². The van der Waals surface area contributed by atoms with E-state index in [1.165, 1.54) is 18.3 Å². The van der Waals surface area contributed by atoms with E-state index in [9.17, 15) is 14.4 Å². The summed E-state index contributed by atoms with van der Waals surface area (Å²) < 4.78 is 5.29. The Morgan fingerprint density at radius 3 is 2.19 bits per heavy atom. The van der Waals surface area contributed by atoms with Gasteiger partial charge >= 0.3 is 5.97 Å². The van der Waals surface area contributed by atoms with Crippen molar-refractivity contribution in [2.45, 2.75) is 0 Å². The zero-order chi connectivity index (χ0) is 19.0. The molecule has 0 saturated heterocycles. The fourth-order valence-corrected chi connectivity index (χ4v) is 3.51. The molecule has 8 heteroatoms. The van der Waals surface area contributed by atoms with Gasteiger partial charge in [0.15, 0.2) is 0 Å². The van der Waals surface area contributed by atoms with E-state index < -0.39 is 17.8 Å². The highest BCUT2D eigenvalue weighted by Crippen LogP contribution is 2.33. The maximum absolute atomic E-state index is 12.4. The van der Waals surface area contributed by atoms with Crippen molar-refractivity contribution < 1.29 is 24.0 Å². The first kappa shape index (κ1) is 16.9. The minimum Gasteiger partial charge on any atom is -0.496 e. The van der Waals surface area contributed by atoms with Crippen molar-refractivity contribution in [2.75, 3.05) is 7.11 Å². The fraction of sp³-hybridized carbons (Fsp3) is 0.0526. The molecule has 0 unspecified atom stereocenters. The number of hydrogen-bond donors (Lipinski definition) is 0. The van der Waals surface area contributed by atoms with E-state index in [0.717, 1.165) is 16.9 Å². The van der Waals surface area contributed by atoms with Gasteiger partial charge in [-0.25, -0.2) is 9.78 Å². The Hall–Kier alpha value is -3.52. The van der Waals surface area contributed by atoms with Crippen LogP contribution >= 0.6 is 11.3 Å². The Labute approximate surface area is 157 Å². The molecule has 0 atom stereocenters. The Morgan fingerprint density at radius 1 is 0.963 bits per heavy atom. The smallest absolute Gasteiger partial charge is 0.375 e. The zero-order valence-electron chi connectivity index (χ0n) is 14.0. The summed E-state index contributed by atoms with van der Waals surface area (Å²) in [4.78, 5) is 46.4. The number of hydroxylamine groups is 2. The average Bonchev–Trinajstić information content (AvgIpc) is 3.28. The lowest BCUT2D eigenvalue weighted by molar-refractivity contribution is -0.0581. The number of benzene rings is 2. The molecule has 0 fully saturated rings. The molecule has 0 radical (unpaired) electrons. The maximum Gasteiger partial charge on any atom is 0.375 e. The average molecular weight is 380 g/mol. The lowest BCUT2D eigenvalue weighted by Crippen LogP contribution is -2.32. The molecule has 0 aliphatic carbocycles. The van der Waals surface area contributed by atoms with Gasteiger partial charge in [0.1, 0.15) is 15.6 Å². The van der Waals surface area contributed by atoms with Gasteiger partial charge in [-0.05, 0) is 24.3 Å². The number of thiazole rings is 1. The summed E-state index contributed by atoms with van der Waals surface area (Å²) in [6, 6.07) is 13.6. The number of amides is 2. The Balaban J connectivity index is 1.56. The number of imide groups is 1. The largest absolute Gasteiger partial charge is 0.496 e. The van der Waals surface area contributed by atoms with Crippen LogP contribution in [0, 0.1) is 0 Å². The van der Waals surface area contributed by atoms with Crippen LogP contribution in [0.2, 0.25) is 0 Å². The summed E-state index contributed by atoms with van der Waals surface area (Å²) >= 11 is 1.08. The van der Waals surface area contributed by atoms with Crippen LogP contribution < -0.4 is 4.74 Å². The quantitative estimate of drug-likeness (QED) is 0.646. The number of para-hydroxylation sites is 1. The van der Waals surface area contributed by atoms with Crippen molar-refractivity contribution in [3.05, 3.63) is 70.7 Å². The molecular formula is C19H12N2O5S. The summed E-state index contributed by atoms with van der Waals surface area (Å²) in [6.07, 6.45) is 1.34. The highest BCUT2D eigenvalue weighted by molar-refractivity contribution is 7.16. The summed E-state index contributed by atoms with van der Waals surface area (Å²) in [5, 5.41) is 1.04. The van der Waals surface area contributed by atoms with Gasteiger partial charge < -0.3 is 9.57 Å². The van der Waals surface area contributed by atoms with Gasteiger partial charge in [0.05, 0.1) is 30.0 Å². The van der Waals surface area contributed by atoms with Gasteiger partial charge in [-0.3, -0.25) is 9.59 Å². The third-order valence-corrected chi connectivity index (χ3v) is 4.99. The fourth-order valence-electron chi connectivity index (χ4n) is 2.69. The van der Waals surface area contributed by atoms with Gasteiger partial charge in [-0.2, -0.15) is 0 Å². The second-order valence-electron chi connectivity index (χ2n) is 5.56. The molecule has 2 heterocycles. The summed E-state index contributed by atoms with van der Waals surface area (Å²) in [6.45, 7) is 0. The van der Waals surface area contributed by atoms with Crippen molar-refractivity contribution >= 4 is 29.1 Å². The number of aromatic nitrogens is 1. The highest BCUT2D eigenvalue weighted by Gasteiger charge is 2.39. The van der Waals surface area contributed by atoms with Crippen LogP contribution in [0.4, 0.5) is 0 Å². The molecule has 27 heavy (non-hydrogen) atoms. The number of rotatable bonds is 4. The van der Waals surface area contributed by atoms with E-state index in [1.54, 1.807) is 25.3 Å². The summed E-state index contributed by atoms with van der Waals surface area (Å²) in [5.41, 5.74) is 1.13. The lowest BCUT2D eigenvalue weighted by atomic mass is 10.1. The van der Waals surface area contributed by atoms with Crippen molar-refractivity contribution in [2.24, 2.45) is 0 Å². The van der Waals surface area contributed by atoms with Crippen LogP contribution in [0.1, 0.15) is 30.4 Å². The van der Waals surface area contributed by atoms with Crippen LogP contribution in [0.3, 0.4) is 0 Å². The molecule has 0 bridgehead atoms.